The van der Waals surface area contributed by atoms with E-state index in [1.807, 2.05) is 26.0 Å². The smallest absolute Gasteiger partial charge is 0.348 e. The van der Waals surface area contributed by atoms with Crippen molar-refractivity contribution < 1.29 is 19.1 Å². The van der Waals surface area contributed by atoms with Gasteiger partial charge in [0.25, 0.3) is 5.91 Å². The molecule has 0 aliphatic heterocycles. The minimum Gasteiger partial charge on any atom is -0.451 e. The van der Waals surface area contributed by atoms with Crippen LogP contribution < -0.4 is 0 Å². The molecular formula is C19H21NO4S. The minimum atomic E-state index is -0.592. The number of thiophene rings is 1. The van der Waals surface area contributed by atoms with E-state index in [-0.39, 0.29) is 18.3 Å². The summed E-state index contributed by atoms with van der Waals surface area (Å²) in [6.07, 6.45) is 0. The molecule has 0 radical (unpaired) electrons. The maximum atomic E-state index is 12.2. The first-order chi connectivity index (χ1) is 11.8. The van der Waals surface area contributed by atoms with Crippen LogP contribution in [-0.4, -0.2) is 36.2 Å². The molecule has 0 N–H and O–H groups in total. The average Bonchev–Trinajstić information content (AvgIpc) is 3.05. The van der Waals surface area contributed by atoms with Crippen LogP contribution in [0.15, 0.2) is 30.3 Å². The molecule has 0 aliphatic rings. The molecule has 1 amide bonds. The van der Waals surface area contributed by atoms with Crippen LogP contribution in [0.2, 0.25) is 0 Å². The van der Waals surface area contributed by atoms with Gasteiger partial charge in [0.1, 0.15) is 4.88 Å². The van der Waals surface area contributed by atoms with Gasteiger partial charge in [0.05, 0.1) is 4.88 Å². The van der Waals surface area contributed by atoms with Gasteiger partial charge in [0, 0.05) is 13.6 Å². The summed E-state index contributed by atoms with van der Waals surface area (Å²) < 4.78 is 5.06. The van der Waals surface area contributed by atoms with Gasteiger partial charge >= 0.3 is 5.97 Å². The van der Waals surface area contributed by atoms with E-state index in [1.54, 1.807) is 13.1 Å². The highest BCUT2D eigenvalue weighted by atomic mass is 32.1. The molecule has 0 unspecified atom stereocenters. The summed E-state index contributed by atoms with van der Waals surface area (Å²) in [5.41, 5.74) is 3.34. The molecule has 1 aromatic heterocycles. The Kier molecular flexibility index (Phi) is 6.09. The Hall–Kier alpha value is -2.47. The zero-order valence-electron chi connectivity index (χ0n) is 14.8. The molecule has 0 saturated carbocycles. The fraction of sp³-hybridized carbons (Fsp3) is 0.316. The lowest BCUT2D eigenvalue weighted by molar-refractivity contribution is -0.133. The molecule has 1 aromatic carbocycles. The number of hydrogen-bond acceptors (Lipinski definition) is 5. The number of esters is 1. The molecule has 0 bridgehead atoms. The van der Waals surface area contributed by atoms with Crippen molar-refractivity contribution in [2.24, 2.45) is 0 Å². The number of Topliss-reactive ketones (excluding diaryl/α,β-unsaturated/α-hetero) is 1. The standard InChI is InChI=1S/C19H21NO4S/c1-12-5-6-15(13(2)9-12)10-20(4)18(22)11-24-19(23)17-8-7-16(25-17)14(3)21/h5-9H,10-11H2,1-4H3. The van der Waals surface area contributed by atoms with Crippen LogP contribution in [0.25, 0.3) is 0 Å². The van der Waals surface area contributed by atoms with Gasteiger partial charge in [0.15, 0.2) is 12.4 Å². The number of ether oxygens (including phenoxy) is 1. The zero-order chi connectivity index (χ0) is 18.6. The summed E-state index contributed by atoms with van der Waals surface area (Å²) >= 11 is 1.07. The van der Waals surface area contributed by atoms with Crippen molar-refractivity contribution in [3.05, 3.63) is 56.8 Å². The van der Waals surface area contributed by atoms with Gasteiger partial charge in [-0.05, 0) is 44.0 Å². The molecule has 1 heterocycles. The number of nitrogens with zero attached hydrogens (tertiary/aromatic N) is 1. The van der Waals surface area contributed by atoms with Crippen LogP contribution >= 0.6 is 11.3 Å². The first kappa shape index (κ1) is 18.9. The summed E-state index contributed by atoms with van der Waals surface area (Å²) in [7, 11) is 1.68. The van der Waals surface area contributed by atoms with E-state index < -0.39 is 5.97 Å². The molecule has 0 spiro atoms. The molecule has 0 aliphatic carbocycles. The van der Waals surface area contributed by atoms with Gasteiger partial charge in [-0.25, -0.2) is 4.79 Å². The monoisotopic (exact) mass is 359 g/mol. The summed E-state index contributed by atoms with van der Waals surface area (Å²) in [5.74, 6) is -0.976. The Labute approximate surface area is 151 Å². The third-order valence-electron chi connectivity index (χ3n) is 3.81. The number of amides is 1. The predicted molar refractivity (Wildman–Crippen MR) is 97.0 cm³/mol. The second kappa shape index (κ2) is 8.07. The number of carbonyl (C=O) groups excluding carboxylic acids is 3. The molecule has 0 saturated heterocycles. The number of benzene rings is 1. The molecule has 0 atom stereocenters. The van der Waals surface area contributed by atoms with E-state index >= 15 is 0 Å². The highest BCUT2D eigenvalue weighted by Crippen LogP contribution is 2.18. The summed E-state index contributed by atoms with van der Waals surface area (Å²) in [6.45, 7) is 5.59. The van der Waals surface area contributed by atoms with Crippen LogP contribution in [0.5, 0.6) is 0 Å². The molecule has 6 heteroatoms. The highest BCUT2D eigenvalue weighted by Gasteiger charge is 2.16. The number of carbonyl (C=O) groups is 3. The van der Waals surface area contributed by atoms with Crippen LogP contribution in [0.3, 0.4) is 0 Å². The fourth-order valence-electron chi connectivity index (χ4n) is 2.31. The van der Waals surface area contributed by atoms with E-state index in [0.29, 0.717) is 16.3 Å². The largest absolute Gasteiger partial charge is 0.451 e. The third-order valence-corrected chi connectivity index (χ3v) is 4.98. The first-order valence-electron chi connectivity index (χ1n) is 7.86. The number of rotatable bonds is 6. The van der Waals surface area contributed by atoms with Gasteiger partial charge in [-0.2, -0.15) is 0 Å². The lowest BCUT2D eigenvalue weighted by Crippen LogP contribution is -2.31. The molecule has 132 valence electrons. The van der Waals surface area contributed by atoms with Crippen LogP contribution in [0, 0.1) is 13.8 Å². The Morgan fingerprint density at radius 3 is 2.36 bits per heavy atom. The van der Waals surface area contributed by atoms with Gasteiger partial charge in [-0.15, -0.1) is 11.3 Å². The van der Waals surface area contributed by atoms with Crippen LogP contribution in [-0.2, 0) is 16.1 Å². The quantitative estimate of drug-likeness (QED) is 0.586. The van der Waals surface area contributed by atoms with Gasteiger partial charge in [-0.1, -0.05) is 23.8 Å². The second-order valence-corrected chi connectivity index (χ2v) is 7.06. The maximum Gasteiger partial charge on any atom is 0.348 e. The van der Waals surface area contributed by atoms with Crippen molar-refractivity contribution in [3.63, 3.8) is 0 Å². The van der Waals surface area contributed by atoms with E-state index in [2.05, 4.69) is 6.07 Å². The Balaban J connectivity index is 1.90. The lowest BCUT2D eigenvalue weighted by atomic mass is 10.1. The first-order valence-corrected chi connectivity index (χ1v) is 8.67. The van der Waals surface area contributed by atoms with Gasteiger partial charge in [-0.3, -0.25) is 9.59 Å². The van der Waals surface area contributed by atoms with Crippen LogP contribution in [0.1, 0.15) is 43.0 Å². The summed E-state index contributed by atoms with van der Waals surface area (Å²) in [5, 5.41) is 0. The van der Waals surface area contributed by atoms with Crippen molar-refractivity contribution in [2.45, 2.75) is 27.3 Å². The Morgan fingerprint density at radius 1 is 1.08 bits per heavy atom. The van der Waals surface area contributed by atoms with Gasteiger partial charge < -0.3 is 9.64 Å². The average molecular weight is 359 g/mol. The number of aryl methyl sites for hydroxylation is 2. The van der Waals surface area contributed by atoms with Crippen molar-refractivity contribution in [1.29, 1.82) is 0 Å². The molecule has 25 heavy (non-hydrogen) atoms. The summed E-state index contributed by atoms with van der Waals surface area (Å²) in [6, 6.07) is 9.18. The van der Waals surface area contributed by atoms with Crippen molar-refractivity contribution in [1.82, 2.24) is 4.90 Å². The second-order valence-electron chi connectivity index (χ2n) is 5.98. The zero-order valence-corrected chi connectivity index (χ0v) is 15.6. The van der Waals surface area contributed by atoms with Crippen LogP contribution in [0.4, 0.5) is 0 Å². The van der Waals surface area contributed by atoms with E-state index in [0.717, 1.165) is 22.5 Å². The summed E-state index contributed by atoms with van der Waals surface area (Å²) in [4.78, 5) is 37.7. The molecule has 2 aromatic rings. The lowest BCUT2D eigenvalue weighted by Gasteiger charge is -2.18. The number of ketones is 1. The van der Waals surface area contributed by atoms with E-state index in [9.17, 15) is 14.4 Å². The van der Waals surface area contributed by atoms with E-state index in [4.69, 9.17) is 4.74 Å². The van der Waals surface area contributed by atoms with Crippen molar-refractivity contribution in [3.8, 4) is 0 Å². The number of hydrogen-bond donors (Lipinski definition) is 0. The molecule has 5 nitrogen and oxygen atoms in total. The number of likely N-dealkylation sites (N-methyl/N-ethyl adjacent to an activating group) is 1. The maximum absolute atomic E-state index is 12.2. The Morgan fingerprint density at radius 2 is 1.76 bits per heavy atom. The third kappa shape index (κ3) is 5.00. The van der Waals surface area contributed by atoms with Crippen molar-refractivity contribution in [2.75, 3.05) is 13.7 Å². The highest BCUT2D eigenvalue weighted by molar-refractivity contribution is 7.15. The normalized spacial score (nSPS) is 10.4. The molecule has 2 rings (SSSR count). The topological polar surface area (TPSA) is 63.7 Å². The fourth-order valence-corrected chi connectivity index (χ4v) is 3.11. The molecule has 0 fully saturated rings. The van der Waals surface area contributed by atoms with Crippen molar-refractivity contribution >= 4 is 29.0 Å². The predicted octanol–water partition coefficient (Wildman–Crippen LogP) is 3.38. The molecular weight excluding hydrogens is 338 g/mol. The Bertz CT molecular complexity index is 810. The van der Waals surface area contributed by atoms with E-state index in [1.165, 1.54) is 23.5 Å². The van der Waals surface area contributed by atoms with Gasteiger partial charge in [0.2, 0.25) is 0 Å². The minimum absolute atomic E-state index is 0.103. The SMILES string of the molecule is CC(=O)c1ccc(C(=O)OCC(=O)N(C)Cc2ccc(C)cc2C)s1.